The Hall–Kier alpha value is -1.10. The standard InChI is InChI=1S/C17H28O5/c1-10-9-12(22-11(2)18)13-15(3,4)7-6-8-16(13,5)17(10,21)14(19)20/h10,12-13,21H,6-9H2,1-5H3,(H,19,20)/t10-,12-,13+,16-,17+/m0/s1. The second kappa shape index (κ2) is 5.22. The van der Waals surface area contributed by atoms with Crippen LogP contribution in [-0.2, 0) is 14.3 Å². The molecule has 0 unspecified atom stereocenters. The van der Waals surface area contributed by atoms with Gasteiger partial charge in [-0.1, -0.05) is 34.1 Å². The Morgan fingerprint density at radius 2 is 1.77 bits per heavy atom. The lowest BCUT2D eigenvalue weighted by Gasteiger charge is -2.62. The van der Waals surface area contributed by atoms with Gasteiger partial charge >= 0.3 is 11.9 Å². The number of ether oxygens (including phenoxy) is 1. The van der Waals surface area contributed by atoms with Crippen LogP contribution in [0.1, 0.15) is 60.3 Å². The third-order valence-electron chi connectivity index (χ3n) is 6.23. The highest BCUT2D eigenvalue weighted by Gasteiger charge is 2.68. The molecule has 2 saturated carbocycles. The largest absolute Gasteiger partial charge is 0.479 e. The molecule has 0 amide bonds. The van der Waals surface area contributed by atoms with Gasteiger partial charge in [-0.05, 0) is 30.6 Å². The molecule has 0 radical (unpaired) electrons. The smallest absolute Gasteiger partial charge is 0.336 e. The number of hydrogen-bond acceptors (Lipinski definition) is 4. The molecule has 2 fully saturated rings. The van der Waals surface area contributed by atoms with Crippen LogP contribution in [-0.4, -0.2) is 33.9 Å². The van der Waals surface area contributed by atoms with Crippen LogP contribution in [0.2, 0.25) is 0 Å². The van der Waals surface area contributed by atoms with Gasteiger partial charge in [0, 0.05) is 18.3 Å². The first kappa shape index (κ1) is 17.3. The van der Waals surface area contributed by atoms with Gasteiger partial charge in [-0.15, -0.1) is 0 Å². The topological polar surface area (TPSA) is 83.8 Å². The van der Waals surface area contributed by atoms with Crippen molar-refractivity contribution in [3.8, 4) is 0 Å². The average Bonchev–Trinajstić information content (AvgIpc) is 2.33. The van der Waals surface area contributed by atoms with Crippen molar-refractivity contribution in [3.63, 3.8) is 0 Å². The summed E-state index contributed by atoms with van der Waals surface area (Å²) >= 11 is 0. The van der Waals surface area contributed by atoms with Crippen LogP contribution < -0.4 is 0 Å². The molecule has 0 saturated heterocycles. The van der Waals surface area contributed by atoms with Gasteiger partial charge in [0.25, 0.3) is 0 Å². The number of carbonyl (C=O) groups excluding carboxylic acids is 1. The minimum Gasteiger partial charge on any atom is -0.479 e. The zero-order valence-corrected chi connectivity index (χ0v) is 14.2. The van der Waals surface area contributed by atoms with Gasteiger partial charge in [0.1, 0.15) is 6.10 Å². The van der Waals surface area contributed by atoms with E-state index in [1.54, 1.807) is 6.92 Å². The maximum Gasteiger partial charge on any atom is 0.336 e. The SMILES string of the molecule is CC(=O)O[C@H]1C[C@H](C)[C@@](O)(C(=O)O)[C@@]2(C)CCCC(C)(C)[C@@H]12. The van der Waals surface area contributed by atoms with E-state index in [0.717, 1.165) is 12.8 Å². The van der Waals surface area contributed by atoms with Crippen molar-refractivity contribution in [1.82, 2.24) is 0 Å². The normalized spacial score (nSPS) is 44.0. The summed E-state index contributed by atoms with van der Waals surface area (Å²) in [5.41, 5.74) is -2.78. The first-order chi connectivity index (χ1) is 9.96. The quantitative estimate of drug-likeness (QED) is 0.766. The molecule has 0 aliphatic heterocycles. The second-order valence-electron chi connectivity index (χ2n) is 8.09. The van der Waals surface area contributed by atoms with E-state index in [-0.39, 0.29) is 23.4 Å². The zero-order chi connectivity index (χ0) is 16.9. The van der Waals surface area contributed by atoms with Crippen molar-refractivity contribution < 1.29 is 24.5 Å². The lowest BCUT2D eigenvalue weighted by molar-refractivity contribution is -0.249. The van der Waals surface area contributed by atoms with Crippen molar-refractivity contribution in [2.24, 2.45) is 22.7 Å². The molecule has 5 atom stereocenters. The molecule has 0 aromatic rings. The number of aliphatic hydroxyl groups is 1. The van der Waals surface area contributed by atoms with E-state index in [0.29, 0.717) is 12.8 Å². The molecule has 0 spiro atoms. The van der Waals surface area contributed by atoms with Crippen LogP contribution in [0, 0.1) is 22.7 Å². The molecule has 0 bridgehead atoms. The lowest BCUT2D eigenvalue weighted by Crippen LogP contribution is -2.69. The lowest BCUT2D eigenvalue weighted by atomic mass is 9.44. The molecule has 2 aliphatic carbocycles. The summed E-state index contributed by atoms with van der Waals surface area (Å²) in [5.74, 6) is -2.15. The minimum atomic E-state index is -1.79. The maximum absolute atomic E-state index is 11.9. The molecular weight excluding hydrogens is 284 g/mol. The molecule has 5 nitrogen and oxygen atoms in total. The highest BCUT2D eigenvalue weighted by atomic mass is 16.5. The van der Waals surface area contributed by atoms with Crippen LogP contribution in [0.4, 0.5) is 0 Å². The van der Waals surface area contributed by atoms with E-state index in [9.17, 15) is 19.8 Å². The van der Waals surface area contributed by atoms with Gasteiger partial charge in [-0.2, -0.15) is 0 Å². The molecule has 0 heterocycles. The summed E-state index contributed by atoms with van der Waals surface area (Å²) in [7, 11) is 0. The first-order valence-electron chi connectivity index (χ1n) is 8.10. The second-order valence-corrected chi connectivity index (χ2v) is 8.09. The summed E-state index contributed by atoms with van der Waals surface area (Å²) in [6, 6.07) is 0. The predicted molar refractivity (Wildman–Crippen MR) is 81.1 cm³/mol. The molecule has 0 aromatic heterocycles. The number of carboxylic acids is 1. The van der Waals surface area contributed by atoms with Gasteiger partial charge in [0.05, 0.1) is 0 Å². The van der Waals surface area contributed by atoms with Crippen LogP contribution in [0.5, 0.6) is 0 Å². The minimum absolute atomic E-state index is 0.171. The fraction of sp³-hybridized carbons (Fsp3) is 0.882. The first-order valence-corrected chi connectivity index (χ1v) is 8.10. The van der Waals surface area contributed by atoms with Crippen molar-refractivity contribution in [2.45, 2.75) is 72.0 Å². The van der Waals surface area contributed by atoms with E-state index in [4.69, 9.17) is 4.74 Å². The van der Waals surface area contributed by atoms with E-state index < -0.39 is 22.9 Å². The summed E-state index contributed by atoms with van der Waals surface area (Å²) in [4.78, 5) is 23.4. The fourth-order valence-electron chi connectivity index (χ4n) is 5.43. The zero-order valence-electron chi connectivity index (χ0n) is 14.2. The number of aliphatic carboxylic acids is 1. The highest BCUT2D eigenvalue weighted by molar-refractivity contribution is 5.79. The Balaban J connectivity index is 2.56. The Labute approximate surface area is 132 Å². The van der Waals surface area contributed by atoms with Gasteiger partial charge < -0.3 is 14.9 Å². The summed E-state index contributed by atoms with van der Waals surface area (Å²) in [5, 5.41) is 20.9. The van der Waals surface area contributed by atoms with E-state index >= 15 is 0 Å². The van der Waals surface area contributed by atoms with Crippen molar-refractivity contribution >= 4 is 11.9 Å². The number of esters is 1. The summed E-state index contributed by atoms with van der Waals surface area (Å²) in [6.45, 7) is 9.16. The van der Waals surface area contributed by atoms with Crippen molar-refractivity contribution in [1.29, 1.82) is 0 Å². The number of carbonyl (C=O) groups is 2. The van der Waals surface area contributed by atoms with E-state index in [1.165, 1.54) is 6.92 Å². The molecule has 5 heteroatoms. The number of carboxylic acid groups (broad SMARTS) is 1. The van der Waals surface area contributed by atoms with E-state index in [2.05, 4.69) is 13.8 Å². The summed E-state index contributed by atoms with van der Waals surface area (Å²) in [6.07, 6.45) is 2.48. The highest BCUT2D eigenvalue weighted by Crippen LogP contribution is 2.63. The van der Waals surface area contributed by atoms with Crippen LogP contribution in [0.3, 0.4) is 0 Å². The molecular formula is C17H28O5. The van der Waals surface area contributed by atoms with Gasteiger partial charge in [0.2, 0.25) is 0 Å². The van der Waals surface area contributed by atoms with Crippen LogP contribution in [0.15, 0.2) is 0 Å². The van der Waals surface area contributed by atoms with Gasteiger partial charge in [0.15, 0.2) is 5.60 Å². The summed E-state index contributed by atoms with van der Waals surface area (Å²) < 4.78 is 5.56. The van der Waals surface area contributed by atoms with Gasteiger partial charge in [-0.3, -0.25) is 4.79 Å². The van der Waals surface area contributed by atoms with E-state index in [1.807, 2.05) is 6.92 Å². The van der Waals surface area contributed by atoms with Crippen molar-refractivity contribution in [3.05, 3.63) is 0 Å². The molecule has 2 N–H and O–H groups in total. The Morgan fingerprint density at radius 3 is 2.27 bits per heavy atom. The maximum atomic E-state index is 11.9. The van der Waals surface area contributed by atoms with Gasteiger partial charge in [-0.25, -0.2) is 4.79 Å². The third-order valence-corrected chi connectivity index (χ3v) is 6.23. The molecule has 126 valence electrons. The monoisotopic (exact) mass is 312 g/mol. The Kier molecular flexibility index (Phi) is 4.10. The Morgan fingerprint density at radius 1 is 1.18 bits per heavy atom. The van der Waals surface area contributed by atoms with Crippen molar-refractivity contribution in [2.75, 3.05) is 0 Å². The Bertz CT molecular complexity index is 485. The molecule has 22 heavy (non-hydrogen) atoms. The van der Waals surface area contributed by atoms with Crippen LogP contribution >= 0.6 is 0 Å². The number of hydrogen-bond donors (Lipinski definition) is 2. The van der Waals surface area contributed by atoms with Crippen LogP contribution in [0.25, 0.3) is 0 Å². The number of fused-ring (bicyclic) bond motifs is 1. The fourth-order valence-corrected chi connectivity index (χ4v) is 5.43. The third kappa shape index (κ3) is 2.25. The molecule has 2 rings (SSSR count). The predicted octanol–water partition coefficient (Wildman–Crippen LogP) is 2.61. The number of rotatable bonds is 2. The molecule has 0 aromatic carbocycles. The average molecular weight is 312 g/mol. The molecule has 2 aliphatic rings.